The number of fused-ring (bicyclic) bond motifs is 1. The molecular weight excluding hydrogens is 476 g/mol. The molecule has 2 unspecified atom stereocenters. The first-order chi connectivity index (χ1) is 17.5. The third kappa shape index (κ3) is 6.72. The van der Waals surface area contributed by atoms with Crippen LogP contribution in [0.4, 0.5) is 4.79 Å². The first-order valence-electron chi connectivity index (χ1n) is 12.7. The second-order valence-corrected chi connectivity index (χ2v) is 10.5. The summed E-state index contributed by atoms with van der Waals surface area (Å²) in [5.74, 6) is -0.655. The molecule has 1 saturated carbocycles. The monoisotopic (exact) mass is 510 g/mol. The normalized spacial score (nSPS) is 19.7. The third-order valence-corrected chi connectivity index (χ3v) is 7.79. The van der Waals surface area contributed by atoms with Crippen molar-refractivity contribution < 1.29 is 19.2 Å². The second kappa shape index (κ2) is 12.7. The first kappa shape index (κ1) is 25.9. The molecule has 2 heterocycles. The number of nitrogens with zero attached hydrogens (tertiary/aromatic N) is 2. The molecule has 5 amide bonds. The van der Waals surface area contributed by atoms with Crippen molar-refractivity contribution in [3.8, 4) is 0 Å². The molecule has 2 atom stereocenters. The van der Waals surface area contributed by atoms with Crippen molar-refractivity contribution in [2.24, 2.45) is 5.92 Å². The van der Waals surface area contributed by atoms with Crippen LogP contribution in [-0.4, -0.2) is 52.7 Å². The molecule has 0 bridgehead atoms. The summed E-state index contributed by atoms with van der Waals surface area (Å²) in [5, 5.41) is 7.77. The zero-order chi connectivity index (χ0) is 25.3. The standard InChI is InChI=1S/C27H34N4O4S/c32-24(29-18-21-11-8-16-36-21)14-6-7-15-30-26(34)22-12-4-5-13-23(22)31(27(30)35)19-25(33)28-17-20-9-2-1-3-10-20/h1-3,8-11,16,22-23H,4-7,12-15,17-19H2,(H,28,33)(H,29,32). The van der Waals surface area contributed by atoms with Gasteiger partial charge in [0.25, 0.3) is 0 Å². The van der Waals surface area contributed by atoms with E-state index in [9.17, 15) is 19.2 Å². The Kier molecular flexibility index (Phi) is 9.11. The molecule has 192 valence electrons. The molecule has 9 heteroatoms. The van der Waals surface area contributed by atoms with Crippen molar-refractivity contribution in [2.75, 3.05) is 13.1 Å². The number of imide groups is 1. The topological polar surface area (TPSA) is 98.8 Å². The van der Waals surface area contributed by atoms with E-state index < -0.39 is 0 Å². The highest BCUT2D eigenvalue weighted by molar-refractivity contribution is 7.09. The Labute approximate surface area is 216 Å². The number of hydrogen-bond donors (Lipinski definition) is 2. The van der Waals surface area contributed by atoms with Gasteiger partial charge in [0.15, 0.2) is 0 Å². The summed E-state index contributed by atoms with van der Waals surface area (Å²) in [5.41, 5.74) is 0.989. The van der Waals surface area contributed by atoms with Gasteiger partial charge in [-0.3, -0.25) is 19.3 Å². The van der Waals surface area contributed by atoms with Gasteiger partial charge in [-0.05, 0) is 42.7 Å². The Morgan fingerprint density at radius 1 is 0.917 bits per heavy atom. The fourth-order valence-corrected chi connectivity index (χ4v) is 5.65. The summed E-state index contributed by atoms with van der Waals surface area (Å²) in [6, 6.07) is 12.9. The molecule has 2 aromatic rings. The molecule has 36 heavy (non-hydrogen) atoms. The van der Waals surface area contributed by atoms with E-state index in [1.165, 1.54) is 4.90 Å². The summed E-state index contributed by atoms with van der Waals surface area (Å²) in [6.45, 7) is 1.12. The Bertz CT molecular complexity index is 1040. The lowest BCUT2D eigenvalue weighted by atomic mass is 9.81. The van der Waals surface area contributed by atoms with Crippen molar-refractivity contribution in [3.05, 3.63) is 58.3 Å². The van der Waals surface area contributed by atoms with E-state index in [0.29, 0.717) is 32.4 Å². The zero-order valence-electron chi connectivity index (χ0n) is 20.5. The number of benzene rings is 1. The highest BCUT2D eigenvalue weighted by Crippen LogP contribution is 2.34. The Hall–Kier alpha value is -3.20. The molecule has 1 aliphatic heterocycles. The molecule has 2 aliphatic rings. The molecule has 0 radical (unpaired) electrons. The SMILES string of the molecule is O=C(CCCCN1C(=O)C2CCCCC2N(CC(=O)NCc2ccccc2)C1=O)NCc1cccs1. The maximum atomic E-state index is 13.3. The largest absolute Gasteiger partial charge is 0.351 e. The van der Waals surface area contributed by atoms with Gasteiger partial charge in [0.2, 0.25) is 17.7 Å². The number of carbonyl (C=O) groups is 4. The predicted molar refractivity (Wildman–Crippen MR) is 138 cm³/mol. The lowest BCUT2D eigenvalue weighted by Gasteiger charge is -2.46. The smallest absolute Gasteiger partial charge is 0.327 e. The molecule has 4 rings (SSSR count). The molecule has 1 aromatic heterocycles. The van der Waals surface area contributed by atoms with E-state index in [0.717, 1.165) is 36.1 Å². The third-order valence-electron chi connectivity index (χ3n) is 6.91. The van der Waals surface area contributed by atoms with Crippen molar-refractivity contribution in [2.45, 2.75) is 64.1 Å². The van der Waals surface area contributed by atoms with Gasteiger partial charge >= 0.3 is 6.03 Å². The number of unbranched alkanes of at least 4 members (excludes halogenated alkanes) is 1. The van der Waals surface area contributed by atoms with Crippen LogP contribution >= 0.6 is 11.3 Å². The molecule has 2 fully saturated rings. The number of amides is 5. The van der Waals surface area contributed by atoms with Gasteiger partial charge < -0.3 is 15.5 Å². The van der Waals surface area contributed by atoms with E-state index in [-0.39, 0.29) is 48.8 Å². The van der Waals surface area contributed by atoms with Crippen molar-refractivity contribution in [1.82, 2.24) is 20.4 Å². The predicted octanol–water partition coefficient (Wildman–Crippen LogP) is 3.67. The van der Waals surface area contributed by atoms with Crippen LogP contribution in [0.3, 0.4) is 0 Å². The maximum Gasteiger partial charge on any atom is 0.327 e. The minimum Gasteiger partial charge on any atom is -0.351 e. The molecular formula is C27H34N4O4S. The lowest BCUT2D eigenvalue weighted by molar-refractivity contribution is -0.142. The molecule has 8 nitrogen and oxygen atoms in total. The van der Waals surface area contributed by atoms with Gasteiger partial charge in [-0.25, -0.2) is 4.79 Å². The van der Waals surface area contributed by atoms with E-state index in [1.807, 2.05) is 47.8 Å². The number of rotatable bonds is 11. The average Bonchev–Trinajstić information content (AvgIpc) is 3.43. The van der Waals surface area contributed by atoms with Crippen LogP contribution in [0.25, 0.3) is 0 Å². The van der Waals surface area contributed by atoms with E-state index in [1.54, 1.807) is 16.2 Å². The quantitative estimate of drug-likeness (QED) is 0.451. The minimum absolute atomic E-state index is 0.0382. The Morgan fingerprint density at radius 3 is 2.47 bits per heavy atom. The lowest BCUT2D eigenvalue weighted by Crippen LogP contribution is -2.63. The number of urea groups is 1. The van der Waals surface area contributed by atoms with Crippen LogP contribution in [0.15, 0.2) is 47.8 Å². The highest BCUT2D eigenvalue weighted by Gasteiger charge is 2.47. The van der Waals surface area contributed by atoms with Crippen molar-refractivity contribution >= 4 is 35.1 Å². The van der Waals surface area contributed by atoms with Crippen LogP contribution in [0.1, 0.15) is 55.4 Å². The average molecular weight is 511 g/mol. The fourth-order valence-electron chi connectivity index (χ4n) is 5.00. The summed E-state index contributed by atoms with van der Waals surface area (Å²) < 4.78 is 0. The maximum absolute atomic E-state index is 13.3. The van der Waals surface area contributed by atoms with E-state index >= 15 is 0 Å². The van der Waals surface area contributed by atoms with Gasteiger partial charge in [-0.1, -0.05) is 49.2 Å². The van der Waals surface area contributed by atoms with Gasteiger partial charge in [-0.15, -0.1) is 11.3 Å². The van der Waals surface area contributed by atoms with Crippen molar-refractivity contribution in [1.29, 1.82) is 0 Å². The number of nitrogens with one attached hydrogen (secondary N) is 2. The molecule has 2 N–H and O–H groups in total. The van der Waals surface area contributed by atoms with Crippen molar-refractivity contribution in [3.63, 3.8) is 0 Å². The minimum atomic E-state index is -0.389. The summed E-state index contributed by atoms with van der Waals surface area (Å²) in [7, 11) is 0. The number of carbonyl (C=O) groups excluding carboxylic acids is 4. The molecule has 1 saturated heterocycles. The number of thiophene rings is 1. The molecule has 1 aliphatic carbocycles. The van der Waals surface area contributed by atoms with E-state index in [4.69, 9.17) is 0 Å². The van der Waals surface area contributed by atoms with Crippen LogP contribution in [-0.2, 0) is 27.5 Å². The highest BCUT2D eigenvalue weighted by atomic mass is 32.1. The van der Waals surface area contributed by atoms with Gasteiger partial charge in [0.05, 0.1) is 12.5 Å². The van der Waals surface area contributed by atoms with Crippen LogP contribution < -0.4 is 10.6 Å². The van der Waals surface area contributed by atoms with Crippen LogP contribution in [0.2, 0.25) is 0 Å². The summed E-state index contributed by atoms with van der Waals surface area (Å²) in [6.07, 6.45) is 4.86. The summed E-state index contributed by atoms with van der Waals surface area (Å²) >= 11 is 1.60. The van der Waals surface area contributed by atoms with E-state index in [2.05, 4.69) is 10.6 Å². The molecule has 0 spiro atoms. The zero-order valence-corrected chi connectivity index (χ0v) is 21.3. The van der Waals surface area contributed by atoms with Gasteiger partial charge in [0.1, 0.15) is 6.54 Å². The Balaban J connectivity index is 1.29. The van der Waals surface area contributed by atoms with Gasteiger partial charge in [0, 0.05) is 30.4 Å². The second-order valence-electron chi connectivity index (χ2n) is 9.43. The molecule has 1 aromatic carbocycles. The van der Waals surface area contributed by atoms with Gasteiger partial charge in [-0.2, -0.15) is 0 Å². The van der Waals surface area contributed by atoms with Crippen LogP contribution in [0.5, 0.6) is 0 Å². The Morgan fingerprint density at radius 2 is 1.69 bits per heavy atom. The fraction of sp³-hybridized carbons (Fsp3) is 0.481. The number of hydrogen-bond acceptors (Lipinski definition) is 5. The first-order valence-corrected chi connectivity index (χ1v) is 13.6. The summed E-state index contributed by atoms with van der Waals surface area (Å²) in [4.78, 5) is 55.4. The van der Waals surface area contributed by atoms with Crippen LogP contribution in [0, 0.1) is 5.92 Å².